The Morgan fingerprint density at radius 1 is 1.35 bits per heavy atom. The molecule has 0 amide bonds. The minimum absolute atomic E-state index is 0.271. The van der Waals surface area contributed by atoms with Crippen molar-refractivity contribution in [3.63, 3.8) is 0 Å². The molecule has 0 radical (unpaired) electrons. The van der Waals surface area contributed by atoms with Gasteiger partial charge in [0.25, 0.3) is 0 Å². The van der Waals surface area contributed by atoms with Gasteiger partial charge in [-0.05, 0) is 49.4 Å². The van der Waals surface area contributed by atoms with Crippen molar-refractivity contribution in [1.29, 1.82) is 0 Å². The van der Waals surface area contributed by atoms with Crippen LogP contribution < -0.4 is 11.1 Å². The third-order valence-electron chi connectivity index (χ3n) is 3.10. The second-order valence-electron chi connectivity index (χ2n) is 4.62. The molecule has 1 aromatic rings. The first kappa shape index (κ1) is 13.8. The number of nitrogens with two attached hydrogens (primary N) is 1. The topological polar surface area (TPSA) is 58.3 Å². The highest BCUT2D eigenvalue weighted by Gasteiger charge is 2.07. The lowest BCUT2D eigenvalue weighted by Crippen LogP contribution is -2.15. The van der Waals surface area contributed by atoms with Crippen LogP contribution in [-0.4, -0.2) is 18.3 Å². The second-order valence-corrected chi connectivity index (χ2v) is 4.62. The van der Waals surface area contributed by atoms with E-state index in [1.165, 1.54) is 0 Å². The van der Waals surface area contributed by atoms with Gasteiger partial charge in [-0.25, -0.2) is 0 Å². The molecule has 4 N–H and O–H groups in total. The number of nitrogen functional groups attached to an aromatic ring is 1. The Morgan fingerprint density at radius 3 is 2.71 bits per heavy atom. The number of hydrogen-bond acceptors (Lipinski definition) is 3. The van der Waals surface area contributed by atoms with Gasteiger partial charge in [-0.15, -0.1) is 0 Å². The van der Waals surface area contributed by atoms with Crippen molar-refractivity contribution >= 4 is 11.4 Å². The van der Waals surface area contributed by atoms with Crippen LogP contribution in [0.15, 0.2) is 18.2 Å². The van der Waals surface area contributed by atoms with Gasteiger partial charge in [0.1, 0.15) is 0 Å². The van der Waals surface area contributed by atoms with Crippen LogP contribution in [0.4, 0.5) is 11.4 Å². The van der Waals surface area contributed by atoms with Gasteiger partial charge in [0.2, 0.25) is 0 Å². The molecule has 0 aliphatic carbocycles. The fraction of sp³-hybridized carbons (Fsp3) is 0.571. The zero-order valence-electron chi connectivity index (χ0n) is 10.9. The standard InChI is InChI=1S/C14H24N2O/c1-3-4-12(7-8-17)10-16-13-5-6-14(15)11(2)9-13/h5-6,9,12,16-17H,3-4,7-8,10,15H2,1-2H3. The molecular weight excluding hydrogens is 212 g/mol. The summed E-state index contributed by atoms with van der Waals surface area (Å²) in [5.74, 6) is 0.544. The third kappa shape index (κ3) is 4.65. The maximum Gasteiger partial charge on any atom is 0.0434 e. The average Bonchev–Trinajstić information content (AvgIpc) is 2.31. The summed E-state index contributed by atoms with van der Waals surface area (Å²) in [6.45, 7) is 5.38. The Labute approximate surface area is 104 Å². The molecule has 17 heavy (non-hydrogen) atoms. The number of benzene rings is 1. The number of aryl methyl sites for hydroxylation is 1. The van der Waals surface area contributed by atoms with Crippen molar-refractivity contribution in [2.24, 2.45) is 5.92 Å². The smallest absolute Gasteiger partial charge is 0.0434 e. The molecule has 0 saturated carbocycles. The highest BCUT2D eigenvalue weighted by atomic mass is 16.3. The summed E-state index contributed by atoms with van der Waals surface area (Å²) >= 11 is 0. The first-order valence-corrected chi connectivity index (χ1v) is 6.38. The van der Waals surface area contributed by atoms with E-state index in [0.717, 1.165) is 42.7 Å². The summed E-state index contributed by atoms with van der Waals surface area (Å²) in [6, 6.07) is 6.00. The predicted molar refractivity (Wildman–Crippen MR) is 74.2 cm³/mol. The van der Waals surface area contributed by atoms with E-state index in [9.17, 15) is 0 Å². The zero-order chi connectivity index (χ0) is 12.7. The van der Waals surface area contributed by atoms with Crippen molar-refractivity contribution in [3.8, 4) is 0 Å². The van der Waals surface area contributed by atoms with Crippen LogP contribution in [0.5, 0.6) is 0 Å². The van der Waals surface area contributed by atoms with Gasteiger partial charge in [-0.1, -0.05) is 13.3 Å². The lowest BCUT2D eigenvalue weighted by atomic mass is 10.00. The van der Waals surface area contributed by atoms with Crippen LogP contribution in [0, 0.1) is 12.8 Å². The van der Waals surface area contributed by atoms with Crippen LogP contribution in [0.3, 0.4) is 0 Å². The molecule has 0 saturated heterocycles. The Hall–Kier alpha value is -1.22. The molecule has 3 nitrogen and oxygen atoms in total. The van der Waals surface area contributed by atoms with Crippen LogP contribution in [0.1, 0.15) is 31.7 Å². The normalized spacial score (nSPS) is 12.4. The van der Waals surface area contributed by atoms with Gasteiger partial charge >= 0.3 is 0 Å². The molecule has 1 atom stereocenters. The number of anilines is 2. The van der Waals surface area contributed by atoms with Crippen molar-refractivity contribution in [1.82, 2.24) is 0 Å². The number of nitrogens with one attached hydrogen (secondary N) is 1. The predicted octanol–water partition coefficient (Wildman–Crippen LogP) is 2.79. The molecule has 1 rings (SSSR count). The molecule has 96 valence electrons. The molecule has 0 spiro atoms. The summed E-state index contributed by atoms with van der Waals surface area (Å²) in [6.07, 6.45) is 3.18. The van der Waals surface area contributed by atoms with E-state index in [1.807, 2.05) is 19.1 Å². The van der Waals surface area contributed by atoms with Crippen LogP contribution in [0.2, 0.25) is 0 Å². The van der Waals surface area contributed by atoms with E-state index in [0.29, 0.717) is 5.92 Å². The summed E-state index contributed by atoms with van der Waals surface area (Å²) in [7, 11) is 0. The van der Waals surface area contributed by atoms with Crippen molar-refractivity contribution in [2.75, 3.05) is 24.2 Å². The molecule has 0 aliphatic rings. The molecule has 1 unspecified atom stereocenters. The van der Waals surface area contributed by atoms with Crippen molar-refractivity contribution in [2.45, 2.75) is 33.1 Å². The molecule has 0 aromatic heterocycles. The van der Waals surface area contributed by atoms with Gasteiger partial charge in [0.15, 0.2) is 0 Å². The van der Waals surface area contributed by atoms with Gasteiger partial charge in [-0.2, -0.15) is 0 Å². The fourth-order valence-electron chi connectivity index (χ4n) is 1.99. The van der Waals surface area contributed by atoms with Crippen LogP contribution in [-0.2, 0) is 0 Å². The maximum atomic E-state index is 9.00. The Bertz CT molecular complexity index is 333. The average molecular weight is 236 g/mol. The minimum atomic E-state index is 0.271. The maximum absolute atomic E-state index is 9.00. The van der Waals surface area contributed by atoms with Gasteiger partial charge < -0.3 is 16.2 Å². The number of aliphatic hydroxyl groups excluding tert-OH is 1. The fourth-order valence-corrected chi connectivity index (χ4v) is 1.99. The van der Waals surface area contributed by atoms with Gasteiger partial charge in [0.05, 0.1) is 0 Å². The number of hydrogen-bond donors (Lipinski definition) is 3. The molecule has 0 bridgehead atoms. The van der Waals surface area contributed by atoms with Crippen LogP contribution in [0.25, 0.3) is 0 Å². The summed E-state index contributed by atoms with van der Waals surface area (Å²) in [4.78, 5) is 0. The molecular formula is C14H24N2O. The van der Waals surface area contributed by atoms with Crippen LogP contribution >= 0.6 is 0 Å². The van der Waals surface area contributed by atoms with E-state index >= 15 is 0 Å². The number of aliphatic hydroxyl groups is 1. The van der Waals surface area contributed by atoms with Gasteiger partial charge in [0, 0.05) is 24.5 Å². The van der Waals surface area contributed by atoms with E-state index in [-0.39, 0.29) is 6.61 Å². The molecule has 3 heteroatoms. The monoisotopic (exact) mass is 236 g/mol. The largest absolute Gasteiger partial charge is 0.399 e. The Balaban J connectivity index is 2.49. The van der Waals surface area contributed by atoms with Gasteiger partial charge in [-0.3, -0.25) is 0 Å². The Morgan fingerprint density at radius 2 is 2.12 bits per heavy atom. The highest BCUT2D eigenvalue weighted by Crippen LogP contribution is 2.18. The summed E-state index contributed by atoms with van der Waals surface area (Å²) < 4.78 is 0. The summed E-state index contributed by atoms with van der Waals surface area (Å²) in [5, 5.41) is 12.4. The second kappa shape index (κ2) is 7.17. The molecule has 0 heterocycles. The minimum Gasteiger partial charge on any atom is -0.399 e. The lowest BCUT2D eigenvalue weighted by Gasteiger charge is -2.17. The van der Waals surface area contributed by atoms with E-state index in [1.54, 1.807) is 0 Å². The molecule has 0 fully saturated rings. The molecule has 1 aromatic carbocycles. The Kier molecular flexibility index (Phi) is 5.84. The van der Waals surface area contributed by atoms with Crippen molar-refractivity contribution < 1.29 is 5.11 Å². The third-order valence-corrected chi connectivity index (χ3v) is 3.10. The summed E-state index contributed by atoms with van der Waals surface area (Å²) in [5.41, 5.74) is 8.82. The van der Waals surface area contributed by atoms with E-state index in [2.05, 4.69) is 18.3 Å². The number of rotatable bonds is 7. The highest BCUT2D eigenvalue weighted by molar-refractivity contribution is 5.56. The quantitative estimate of drug-likeness (QED) is 0.638. The first-order chi connectivity index (χ1) is 8.17. The SMILES string of the molecule is CCCC(CCO)CNc1ccc(N)c(C)c1. The van der Waals surface area contributed by atoms with Crippen molar-refractivity contribution in [3.05, 3.63) is 23.8 Å². The first-order valence-electron chi connectivity index (χ1n) is 6.38. The molecule has 0 aliphatic heterocycles. The zero-order valence-corrected chi connectivity index (χ0v) is 10.9. The van der Waals surface area contributed by atoms with E-state index < -0.39 is 0 Å². The van der Waals surface area contributed by atoms with E-state index in [4.69, 9.17) is 10.8 Å². The lowest BCUT2D eigenvalue weighted by molar-refractivity contribution is 0.255.